The van der Waals surface area contributed by atoms with Crippen LogP contribution in [0.3, 0.4) is 0 Å². The summed E-state index contributed by atoms with van der Waals surface area (Å²) in [6.45, 7) is 1.59. The van der Waals surface area contributed by atoms with E-state index in [1.54, 1.807) is 13.0 Å². The Bertz CT molecular complexity index is 651. The molecule has 4 nitrogen and oxygen atoms in total. The predicted octanol–water partition coefficient (Wildman–Crippen LogP) is 3.03. The number of carboxylic acids is 1. The zero-order valence-electron chi connectivity index (χ0n) is 10.5. The summed E-state index contributed by atoms with van der Waals surface area (Å²) >= 11 is 0. The molecule has 0 saturated heterocycles. The van der Waals surface area contributed by atoms with Crippen molar-refractivity contribution in [2.24, 2.45) is 0 Å². The lowest BCUT2D eigenvalue weighted by Gasteiger charge is -2.27. The number of rotatable bonds is 2. The Labute approximate surface area is 110 Å². The molecule has 0 unspecified atom stereocenters. The third-order valence-electron chi connectivity index (χ3n) is 3.28. The van der Waals surface area contributed by atoms with E-state index in [0.29, 0.717) is 5.57 Å². The average Bonchev–Trinajstić information content (AvgIpc) is 2.39. The Morgan fingerprint density at radius 2 is 1.74 bits per heavy atom. The minimum absolute atomic E-state index is 0.211. The van der Waals surface area contributed by atoms with Gasteiger partial charge in [-0.1, -0.05) is 24.3 Å². The number of anilines is 2. The smallest absolute Gasteiger partial charge is 0.331 e. The van der Waals surface area contributed by atoms with E-state index < -0.39 is 5.97 Å². The fourth-order valence-electron chi connectivity index (χ4n) is 2.36. The Morgan fingerprint density at radius 3 is 2.26 bits per heavy atom. The monoisotopic (exact) mass is 254 g/mol. The van der Waals surface area contributed by atoms with Gasteiger partial charge in [-0.2, -0.15) is 0 Å². The van der Waals surface area contributed by atoms with E-state index in [9.17, 15) is 4.79 Å². The molecule has 0 saturated carbocycles. The number of aliphatic carboxylic acids is 1. The number of nitrogens with one attached hydrogen (secondary N) is 2. The molecule has 0 aliphatic carbocycles. The summed E-state index contributed by atoms with van der Waals surface area (Å²) in [5, 5.41) is 17.8. The van der Waals surface area contributed by atoms with Crippen molar-refractivity contribution >= 4 is 28.1 Å². The van der Waals surface area contributed by atoms with E-state index in [-0.39, 0.29) is 6.17 Å². The van der Waals surface area contributed by atoms with E-state index >= 15 is 0 Å². The third kappa shape index (κ3) is 2.01. The summed E-state index contributed by atoms with van der Waals surface area (Å²) in [4.78, 5) is 10.9. The van der Waals surface area contributed by atoms with Gasteiger partial charge in [0.25, 0.3) is 0 Å². The first kappa shape index (κ1) is 11.6. The summed E-state index contributed by atoms with van der Waals surface area (Å²) < 4.78 is 0. The van der Waals surface area contributed by atoms with E-state index in [1.807, 2.05) is 24.3 Å². The molecule has 0 atom stereocenters. The van der Waals surface area contributed by atoms with Gasteiger partial charge >= 0.3 is 5.97 Å². The maximum Gasteiger partial charge on any atom is 0.331 e. The standard InChI is InChI=1S/C15H14N2O2/c1-9(15(18)19)8-13-16-11-6-2-4-10-5-3-7-12(17-13)14(10)11/h2-8,13,16-17H,1H3,(H,18,19)/b9-8-. The van der Waals surface area contributed by atoms with Gasteiger partial charge in [-0.05, 0) is 30.5 Å². The summed E-state index contributed by atoms with van der Waals surface area (Å²) in [6, 6.07) is 12.1. The van der Waals surface area contributed by atoms with Crippen LogP contribution in [-0.4, -0.2) is 17.2 Å². The summed E-state index contributed by atoms with van der Waals surface area (Å²) in [7, 11) is 0. The van der Waals surface area contributed by atoms with Crippen LogP contribution in [0.15, 0.2) is 48.0 Å². The van der Waals surface area contributed by atoms with Gasteiger partial charge in [0.1, 0.15) is 6.17 Å². The van der Waals surface area contributed by atoms with Crippen molar-refractivity contribution < 1.29 is 9.90 Å². The average molecular weight is 254 g/mol. The van der Waals surface area contributed by atoms with E-state index in [4.69, 9.17) is 5.11 Å². The lowest BCUT2D eigenvalue weighted by Crippen LogP contribution is -2.30. The van der Waals surface area contributed by atoms with E-state index in [2.05, 4.69) is 22.8 Å². The van der Waals surface area contributed by atoms with Gasteiger partial charge in [0, 0.05) is 22.3 Å². The van der Waals surface area contributed by atoms with Crippen LogP contribution in [0.5, 0.6) is 0 Å². The van der Waals surface area contributed by atoms with Crippen molar-refractivity contribution in [2.75, 3.05) is 10.6 Å². The van der Waals surface area contributed by atoms with Gasteiger partial charge in [0.05, 0.1) is 0 Å². The van der Waals surface area contributed by atoms with Crippen LogP contribution < -0.4 is 10.6 Å². The quantitative estimate of drug-likeness (QED) is 0.721. The van der Waals surface area contributed by atoms with Crippen molar-refractivity contribution in [3.05, 3.63) is 48.0 Å². The second-order valence-electron chi connectivity index (χ2n) is 4.63. The number of carboxylic acid groups (broad SMARTS) is 1. The Hall–Kier alpha value is -2.49. The highest BCUT2D eigenvalue weighted by Crippen LogP contribution is 2.34. The SMILES string of the molecule is C/C(=C/C1Nc2cccc3cccc(c23)N1)C(=O)O. The topological polar surface area (TPSA) is 61.4 Å². The predicted molar refractivity (Wildman–Crippen MR) is 76.4 cm³/mol. The first-order valence-electron chi connectivity index (χ1n) is 6.12. The summed E-state index contributed by atoms with van der Waals surface area (Å²) in [5.74, 6) is -0.902. The van der Waals surface area contributed by atoms with Gasteiger partial charge in [-0.25, -0.2) is 4.79 Å². The van der Waals surface area contributed by atoms with Crippen LogP contribution in [0.1, 0.15) is 6.92 Å². The van der Waals surface area contributed by atoms with Gasteiger partial charge in [-0.15, -0.1) is 0 Å². The lowest BCUT2D eigenvalue weighted by molar-refractivity contribution is -0.132. The molecule has 4 heteroatoms. The number of hydrogen-bond donors (Lipinski definition) is 3. The molecule has 2 aromatic carbocycles. The molecule has 0 aromatic heterocycles. The summed E-state index contributed by atoms with van der Waals surface area (Å²) in [6.07, 6.45) is 1.47. The van der Waals surface area contributed by atoms with Crippen LogP contribution in [0, 0.1) is 0 Å². The second kappa shape index (κ2) is 4.31. The molecule has 0 amide bonds. The number of benzene rings is 2. The first-order valence-corrected chi connectivity index (χ1v) is 6.12. The zero-order chi connectivity index (χ0) is 13.4. The van der Waals surface area contributed by atoms with Crippen LogP contribution in [0.2, 0.25) is 0 Å². The molecular weight excluding hydrogens is 240 g/mol. The normalized spacial score (nSPS) is 14.9. The molecule has 0 radical (unpaired) electrons. The van der Waals surface area contributed by atoms with E-state index in [1.165, 1.54) is 0 Å². The van der Waals surface area contributed by atoms with Crippen molar-refractivity contribution in [3.63, 3.8) is 0 Å². The summed E-state index contributed by atoms with van der Waals surface area (Å²) in [5.41, 5.74) is 2.36. The van der Waals surface area contributed by atoms with Crippen LogP contribution >= 0.6 is 0 Å². The molecule has 3 N–H and O–H groups in total. The van der Waals surface area contributed by atoms with E-state index in [0.717, 1.165) is 22.1 Å². The van der Waals surface area contributed by atoms with Gasteiger partial charge in [0.2, 0.25) is 0 Å². The van der Waals surface area contributed by atoms with Crippen molar-refractivity contribution in [1.82, 2.24) is 0 Å². The molecule has 1 aliphatic heterocycles. The minimum Gasteiger partial charge on any atom is -0.478 e. The molecule has 3 rings (SSSR count). The molecule has 19 heavy (non-hydrogen) atoms. The van der Waals surface area contributed by atoms with Crippen LogP contribution in [-0.2, 0) is 4.79 Å². The Morgan fingerprint density at radius 1 is 1.16 bits per heavy atom. The molecule has 1 heterocycles. The number of hydrogen-bond acceptors (Lipinski definition) is 3. The van der Waals surface area contributed by atoms with Gasteiger partial charge < -0.3 is 15.7 Å². The van der Waals surface area contributed by atoms with Crippen molar-refractivity contribution in [1.29, 1.82) is 0 Å². The highest BCUT2D eigenvalue weighted by Gasteiger charge is 2.17. The largest absolute Gasteiger partial charge is 0.478 e. The van der Waals surface area contributed by atoms with Gasteiger partial charge in [0.15, 0.2) is 0 Å². The second-order valence-corrected chi connectivity index (χ2v) is 4.63. The highest BCUT2D eigenvalue weighted by atomic mass is 16.4. The fourth-order valence-corrected chi connectivity index (χ4v) is 2.36. The van der Waals surface area contributed by atoms with Crippen LogP contribution in [0.4, 0.5) is 11.4 Å². The van der Waals surface area contributed by atoms with Crippen molar-refractivity contribution in [3.8, 4) is 0 Å². The Kier molecular flexibility index (Phi) is 2.63. The Balaban J connectivity index is 2.04. The molecule has 0 bridgehead atoms. The molecule has 1 aliphatic rings. The number of carbonyl (C=O) groups is 1. The molecule has 96 valence electrons. The zero-order valence-corrected chi connectivity index (χ0v) is 10.5. The fraction of sp³-hybridized carbons (Fsp3) is 0.133. The highest BCUT2D eigenvalue weighted by molar-refractivity contribution is 6.05. The maximum absolute atomic E-state index is 10.9. The molecular formula is C15H14N2O2. The lowest BCUT2D eigenvalue weighted by atomic mass is 10.0. The van der Waals surface area contributed by atoms with Crippen molar-refractivity contribution in [2.45, 2.75) is 13.1 Å². The molecule has 0 fully saturated rings. The molecule has 2 aromatic rings. The third-order valence-corrected chi connectivity index (χ3v) is 3.28. The van der Waals surface area contributed by atoms with Crippen LogP contribution in [0.25, 0.3) is 10.8 Å². The van der Waals surface area contributed by atoms with Gasteiger partial charge in [-0.3, -0.25) is 0 Å². The minimum atomic E-state index is -0.902. The molecule has 0 spiro atoms. The maximum atomic E-state index is 10.9. The first-order chi connectivity index (χ1) is 9.15.